The Hall–Kier alpha value is -4.22. The van der Waals surface area contributed by atoms with Crippen LogP contribution in [0, 0.1) is 0 Å². The van der Waals surface area contributed by atoms with E-state index in [9.17, 15) is 14.7 Å². The first-order valence-electron chi connectivity index (χ1n) is 31.4. The second kappa shape index (κ2) is 65.1. The first-order chi connectivity index (χ1) is 37.6. The van der Waals surface area contributed by atoms with E-state index in [-0.39, 0.29) is 25.2 Å². The van der Waals surface area contributed by atoms with Gasteiger partial charge in [-0.25, -0.2) is 0 Å². The van der Waals surface area contributed by atoms with Crippen LogP contribution >= 0.6 is 0 Å². The molecule has 0 aliphatic rings. The van der Waals surface area contributed by atoms with Crippen molar-refractivity contribution in [3.63, 3.8) is 0 Å². The fourth-order valence-corrected chi connectivity index (χ4v) is 8.50. The quantitative estimate of drug-likeness (QED) is 0.0373. The van der Waals surface area contributed by atoms with E-state index in [1.165, 1.54) is 128 Å². The number of esters is 2. The molecular weight excluding hydrogens is 933 g/mol. The normalized spacial score (nSPS) is 13.2. The van der Waals surface area contributed by atoms with Crippen LogP contribution in [-0.4, -0.2) is 36.4 Å². The van der Waals surface area contributed by atoms with Crippen molar-refractivity contribution in [2.45, 2.75) is 277 Å². The minimum atomic E-state index is -0.784. The average Bonchev–Trinajstić information content (AvgIpc) is 3.42. The molecule has 0 saturated carbocycles. The summed E-state index contributed by atoms with van der Waals surface area (Å²) in [6, 6.07) is 0. The molecule has 0 spiro atoms. The Morgan fingerprint density at radius 2 is 0.526 bits per heavy atom. The van der Waals surface area contributed by atoms with E-state index in [0.29, 0.717) is 12.8 Å². The van der Waals surface area contributed by atoms with Gasteiger partial charge in [0.05, 0.1) is 6.61 Å². The van der Waals surface area contributed by atoms with Crippen LogP contribution in [0.1, 0.15) is 271 Å². The molecule has 0 bridgehead atoms. The summed E-state index contributed by atoms with van der Waals surface area (Å²) < 4.78 is 10.7. The number of aliphatic hydroxyl groups is 1. The predicted molar refractivity (Wildman–Crippen MR) is 334 cm³/mol. The van der Waals surface area contributed by atoms with E-state index < -0.39 is 6.10 Å². The Kier molecular flexibility index (Phi) is 61.5. The number of rotatable bonds is 56. The first-order valence-corrected chi connectivity index (χ1v) is 31.4. The summed E-state index contributed by atoms with van der Waals surface area (Å²) in [5.74, 6) is -0.598. The summed E-state index contributed by atoms with van der Waals surface area (Å²) in [5, 5.41) is 9.68. The molecule has 0 aromatic rings. The third kappa shape index (κ3) is 62.3. The molecule has 0 saturated heterocycles. The van der Waals surface area contributed by atoms with Gasteiger partial charge in [-0.05, 0) is 116 Å². The van der Waals surface area contributed by atoms with Gasteiger partial charge < -0.3 is 14.6 Å². The van der Waals surface area contributed by atoms with Crippen molar-refractivity contribution in [1.29, 1.82) is 0 Å². The molecule has 76 heavy (non-hydrogen) atoms. The van der Waals surface area contributed by atoms with E-state index in [1.54, 1.807) is 0 Å². The van der Waals surface area contributed by atoms with Crippen LogP contribution in [0.3, 0.4) is 0 Å². The first kappa shape index (κ1) is 71.8. The molecule has 0 heterocycles. The summed E-state index contributed by atoms with van der Waals surface area (Å²) in [6.45, 7) is 3.92. The molecule has 5 heteroatoms. The lowest BCUT2D eigenvalue weighted by molar-refractivity contribution is -0.161. The zero-order valence-corrected chi connectivity index (χ0v) is 49.2. The Morgan fingerprint density at radius 1 is 0.303 bits per heavy atom. The standard InChI is InChI=1S/C71H116O5/c1-3-5-7-9-11-13-15-17-19-21-23-25-27-28-29-30-31-32-33-34-35-36-37-38-39-40-41-42-44-46-48-50-52-54-56-58-60-62-64-66-71(74)76-69(67-72)68-75-70(73)65-63-61-59-57-55-53-51-49-47-45-43-26-24-22-20-18-16-14-12-10-8-6-4-2/h5-8,11-14,17-20,23-26,28-29,31-32,34-35,37-38,69,72H,3-4,9-10,15-16,21-22,27,30,33,36,39-68H2,1-2H3/b7-5-,8-6-,13-11-,14-12-,19-17-,20-18-,25-23-,26-24-,29-28-,32-31-,35-34-,38-37-. The van der Waals surface area contributed by atoms with Gasteiger partial charge in [-0.1, -0.05) is 288 Å². The maximum Gasteiger partial charge on any atom is 0.306 e. The third-order valence-electron chi connectivity index (χ3n) is 13.1. The van der Waals surface area contributed by atoms with Gasteiger partial charge in [0.1, 0.15) is 6.61 Å². The van der Waals surface area contributed by atoms with E-state index >= 15 is 0 Å². The average molecular weight is 1050 g/mol. The van der Waals surface area contributed by atoms with E-state index in [4.69, 9.17) is 9.47 Å². The number of carbonyl (C=O) groups excluding carboxylic acids is 2. The van der Waals surface area contributed by atoms with Crippen molar-refractivity contribution < 1.29 is 24.2 Å². The summed E-state index contributed by atoms with van der Waals surface area (Å²) in [6.07, 6.45) is 98.4. The summed E-state index contributed by atoms with van der Waals surface area (Å²) in [4.78, 5) is 24.6. The van der Waals surface area contributed by atoms with E-state index in [0.717, 1.165) is 116 Å². The minimum absolute atomic E-state index is 0.0743. The molecular formula is C71H116O5. The molecule has 0 aliphatic heterocycles. The topological polar surface area (TPSA) is 72.8 Å². The molecule has 5 nitrogen and oxygen atoms in total. The summed E-state index contributed by atoms with van der Waals surface area (Å²) in [7, 11) is 0. The van der Waals surface area contributed by atoms with Gasteiger partial charge in [0.15, 0.2) is 6.10 Å². The molecule has 1 N–H and O–H groups in total. The fraction of sp³-hybridized carbons (Fsp3) is 0.634. The lowest BCUT2D eigenvalue weighted by Gasteiger charge is -2.15. The maximum absolute atomic E-state index is 12.3. The largest absolute Gasteiger partial charge is 0.462 e. The number of hydrogen-bond donors (Lipinski definition) is 1. The molecule has 0 aliphatic carbocycles. The smallest absolute Gasteiger partial charge is 0.306 e. The van der Waals surface area contributed by atoms with Gasteiger partial charge in [-0.2, -0.15) is 0 Å². The molecule has 1 atom stereocenters. The molecule has 0 aromatic heterocycles. The third-order valence-corrected chi connectivity index (χ3v) is 13.1. The molecule has 0 aromatic carbocycles. The predicted octanol–water partition coefficient (Wildman–Crippen LogP) is 21.8. The molecule has 0 amide bonds. The Morgan fingerprint density at radius 3 is 0.789 bits per heavy atom. The molecule has 430 valence electrons. The number of hydrogen-bond acceptors (Lipinski definition) is 5. The van der Waals surface area contributed by atoms with Crippen molar-refractivity contribution in [1.82, 2.24) is 0 Å². The van der Waals surface area contributed by atoms with E-state index in [2.05, 4.69) is 160 Å². The maximum atomic E-state index is 12.3. The van der Waals surface area contributed by atoms with Gasteiger partial charge in [0, 0.05) is 12.8 Å². The van der Waals surface area contributed by atoms with Gasteiger partial charge in [-0.15, -0.1) is 0 Å². The van der Waals surface area contributed by atoms with Crippen molar-refractivity contribution in [2.24, 2.45) is 0 Å². The molecule has 0 fully saturated rings. The second-order valence-electron chi connectivity index (χ2n) is 20.4. The van der Waals surface area contributed by atoms with Gasteiger partial charge >= 0.3 is 11.9 Å². The van der Waals surface area contributed by atoms with Crippen molar-refractivity contribution >= 4 is 11.9 Å². The van der Waals surface area contributed by atoms with Gasteiger partial charge in [0.25, 0.3) is 0 Å². The van der Waals surface area contributed by atoms with Crippen LogP contribution in [0.2, 0.25) is 0 Å². The molecule has 0 radical (unpaired) electrons. The van der Waals surface area contributed by atoms with Crippen LogP contribution in [0.25, 0.3) is 0 Å². The lowest BCUT2D eigenvalue weighted by atomic mass is 10.0. The van der Waals surface area contributed by atoms with Crippen LogP contribution in [0.4, 0.5) is 0 Å². The van der Waals surface area contributed by atoms with Crippen molar-refractivity contribution in [3.05, 3.63) is 146 Å². The highest BCUT2D eigenvalue weighted by Gasteiger charge is 2.16. The van der Waals surface area contributed by atoms with Crippen molar-refractivity contribution in [2.75, 3.05) is 13.2 Å². The second-order valence-corrected chi connectivity index (χ2v) is 20.4. The number of allylic oxidation sites excluding steroid dienone is 24. The van der Waals surface area contributed by atoms with Crippen LogP contribution in [-0.2, 0) is 19.1 Å². The van der Waals surface area contributed by atoms with Crippen LogP contribution < -0.4 is 0 Å². The van der Waals surface area contributed by atoms with E-state index in [1.807, 2.05) is 0 Å². The highest BCUT2D eigenvalue weighted by molar-refractivity contribution is 5.70. The molecule has 1 unspecified atom stereocenters. The Labute approximate surface area is 469 Å². The number of ether oxygens (including phenoxy) is 2. The Bertz CT molecular complexity index is 1610. The number of aliphatic hydroxyl groups excluding tert-OH is 1. The fourth-order valence-electron chi connectivity index (χ4n) is 8.50. The highest BCUT2D eigenvalue weighted by Crippen LogP contribution is 2.16. The van der Waals surface area contributed by atoms with Gasteiger partial charge in [-0.3, -0.25) is 9.59 Å². The minimum Gasteiger partial charge on any atom is -0.462 e. The van der Waals surface area contributed by atoms with Crippen LogP contribution in [0.15, 0.2) is 146 Å². The highest BCUT2D eigenvalue weighted by atomic mass is 16.6. The van der Waals surface area contributed by atoms with Crippen LogP contribution in [0.5, 0.6) is 0 Å². The molecule has 0 rings (SSSR count). The number of unbranched alkanes of at least 4 members (excludes halogenated alkanes) is 24. The summed E-state index contributed by atoms with van der Waals surface area (Å²) in [5.41, 5.74) is 0. The lowest BCUT2D eigenvalue weighted by Crippen LogP contribution is -2.28. The zero-order valence-electron chi connectivity index (χ0n) is 49.2. The monoisotopic (exact) mass is 1050 g/mol. The van der Waals surface area contributed by atoms with Gasteiger partial charge in [0.2, 0.25) is 0 Å². The number of carbonyl (C=O) groups is 2. The summed E-state index contributed by atoms with van der Waals surface area (Å²) >= 11 is 0. The van der Waals surface area contributed by atoms with Crippen molar-refractivity contribution in [3.8, 4) is 0 Å². The zero-order chi connectivity index (χ0) is 54.8. The Balaban J connectivity index is 3.53. The SMILES string of the molecule is CC/C=C\C/C=C\C/C=C\C/C=C\C/C=C\C/C=C\C/C=C\C/C=C\CCCCCCCCCCCCCCCCC(=O)OC(CO)COC(=O)CCCCCCCCCCCC/C=C\C/C=C\C/C=C\C/C=C\CC.